The molecule has 0 unspecified atom stereocenters. The van der Waals surface area contributed by atoms with Crippen molar-refractivity contribution >= 4 is 23.9 Å². The zero-order valence-electron chi connectivity index (χ0n) is 15.5. The highest BCUT2D eigenvalue weighted by Gasteiger charge is 2.53. The van der Waals surface area contributed by atoms with Gasteiger partial charge in [-0.2, -0.15) is 0 Å². The second-order valence-electron chi connectivity index (χ2n) is 7.77. The topological polar surface area (TPSA) is 119 Å². The molecule has 1 aromatic rings. The van der Waals surface area contributed by atoms with Gasteiger partial charge >= 0.3 is 6.03 Å². The summed E-state index contributed by atoms with van der Waals surface area (Å²) in [5, 5.41) is 25.0. The first-order valence-corrected chi connectivity index (χ1v) is 9.59. The van der Waals surface area contributed by atoms with E-state index in [1.165, 1.54) is 30.3 Å². The molecule has 1 aliphatic heterocycles. The summed E-state index contributed by atoms with van der Waals surface area (Å²) in [6, 6.07) is 4.91. The fourth-order valence-electron chi connectivity index (χ4n) is 4.52. The van der Waals surface area contributed by atoms with Crippen LogP contribution in [0, 0.1) is 23.6 Å². The third-order valence-corrected chi connectivity index (χ3v) is 6.03. The Morgan fingerprint density at radius 2 is 1.93 bits per heavy atom. The Labute approximate surface area is 166 Å². The molecule has 0 aromatic heterocycles. The molecule has 4 amide bonds. The number of imide groups is 1. The fourth-order valence-corrected chi connectivity index (χ4v) is 4.52. The Kier molecular flexibility index (Phi) is 5.10. The number of hydrogen-bond acceptors (Lipinski definition) is 5. The van der Waals surface area contributed by atoms with E-state index in [-0.39, 0.29) is 42.4 Å². The summed E-state index contributed by atoms with van der Waals surface area (Å²) in [7, 11) is 0. The molecule has 1 heterocycles. The SMILES string of the molecule is O=C(NCCN1C(=O)N/C(=C\c2ccc(F)cc2)C1=O)[C@H]1C[C@@H]2C[C@H]1[C@@H](O)[C@H]2O. The minimum atomic E-state index is -0.880. The number of rotatable bonds is 5. The zero-order valence-corrected chi connectivity index (χ0v) is 15.5. The first-order chi connectivity index (χ1) is 13.8. The number of nitrogens with one attached hydrogen (secondary N) is 2. The monoisotopic (exact) mass is 403 g/mol. The van der Waals surface area contributed by atoms with E-state index in [4.69, 9.17) is 0 Å². The minimum absolute atomic E-state index is 0.00313. The van der Waals surface area contributed by atoms with Crippen LogP contribution in [0.1, 0.15) is 18.4 Å². The Morgan fingerprint density at radius 1 is 1.21 bits per heavy atom. The lowest BCUT2D eigenvalue weighted by Crippen LogP contribution is -2.45. The lowest BCUT2D eigenvalue weighted by Gasteiger charge is -2.29. The summed E-state index contributed by atoms with van der Waals surface area (Å²) in [6.07, 6.45) is 0.976. The van der Waals surface area contributed by atoms with E-state index in [1.54, 1.807) is 0 Å². The summed E-state index contributed by atoms with van der Waals surface area (Å²) in [4.78, 5) is 37.9. The molecule has 2 bridgehead atoms. The van der Waals surface area contributed by atoms with Crippen LogP contribution in [0.5, 0.6) is 0 Å². The van der Waals surface area contributed by atoms with Gasteiger partial charge in [0, 0.05) is 19.0 Å². The van der Waals surface area contributed by atoms with Crippen LogP contribution >= 0.6 is 0 Å². The summed E-state index contributed by atoms with van der Waals surface area (Å²) in [5.74, 6) is -1.84. The van der Waals surface area contributed by atoms with Crippen LogP contribution in [0.3, 0.4) is 0 Å². The highest BCUT2D eigenvalue weighted by molar-refractivity contribution is 6.14. The number of benzene rings is 1. The maximum Gasteiger partial charge on any atom is 0.329 e. The van der Waals surface area contributed by atoms with Gasteiger partial charge in [-0.15, -0.1) is 0 Å². The molecule has 3 aliphatic rings. The number of carbonyl (C=O) groups excluding carboxylic acids is 3. The van der Waals surface area contributed by atoms with Crippen LogP contribution in [0.15, 0.2) is 30.0 Å². The largest absolute Gasteiger partial charge is 0.390 e. The molecule has 4 N–H and O–H groups in total. The number of hydrogen-bond donors (Lipinski definition) is 4. The Hall–Kier alpha value is -2.78. The summed E-state index contributed by atoms with van der Waals surface area (Å²) in [5.41, 5.74) is 0.653. The van der Waals surface area contributed by atoms with Crippen molar-refractivity contribution in [3.05, 3.63) is 41.3 Å². The smallest absolute Gasteiger partial charge is 0.329 e. The molecular formula is C20H22FN3O5. The molecule has 2 saturated carbocycles. The number of carbonyl (C=O) groups is 3. The lowest BCUT2D eigenvalue weighted by atomic mass is 9.84. The van der Waals surface area contributed by atoms with Crippen molar-refractivity contribution in [3.8, 4) is 0 Å². The first-order valence-electron chi connectivity index (χ1n) is 9.59. The van der Waals surface area contributed by atoms with Gasteiger partial charge in [-0.25, -0.2) is 9.18 Å². The Balaban J connectivity index is 1.31. The van der Waals surface area contributed by atoms with Crippen LogP contribution < -0.4 is 10.6 Å². The number of halogens is 1. The van der Waals surface area contributed by atoms with Crippen LogP contribution in [-0.2, 0) is 9.59 Å². The van der Waals surface area contributed by atoms with Gasteiger partial charge < -0.3 is 20.8 Å². The van der Waals surface area contributed by atoms with E-state index in [9.17, 15) is 29.0 Å². The average Bonchev–Trinajstić information content (AvgIpc) is 3.33. The van der Waals surface area contributed by atoms with Crippen molar-refractivity contribution in [2.24, 2.45) is 17.8 Å². The number of urea groups is 1. The van der Waals surface area contributed by atoms with E-state index in [0.717, 1.165) is 4.90 Å². The van der Waals surface area contributed by atoms with Gasteiger partial charge in [-0.05, 0) is 48.4 Å². The third kappa shape index (κ3) is 3.63. The molecule has 3 fully saturated rings. The van der Waals surface area contributed by atoms with Crippen molar-refractivity contribution in [2.75, 3.05) is 13.1 Å². The second-order valence-corrected chi connectivity index (χ2v) is 7.77. The van der Waals surface area contributed by atoms with E-state index in [0.29, 0.717) is 18.4 Å². The molecule has 1 aromatic carbocycles. The fraction of sp³-hybridized carbons (Fsp3) is 0.450. The van der Waals surface area contributed by atoms with Gasteiger partial charge in [-0.3, -0.25) is 14.5 Å². The van der Waals surface area contributed by atoms with Crippen molar-refractivity contribution in [1.29, 1.82) is 0 Å². The normalized spacial score (nSPS) is 32.2. The lowest BCUT2D eigenvalue weighted by molar-refractivity contribution is -0.131. The third-order valence-electron chi connectivity index (χ3n) is 6.03. The Bertz CT molecular complexity index is 869. The highest BCUT2D eigenvalue weighted by Crippen LogP contribution is 2.48. The zero-order chi connectivity index (χ0) is 20.7. The number of aliphatic hydroxyl groups is 2. The van der Waals surface area contributed by atoms with Crippen molar-refractivity contribution in [3.63, 3.8) is 0 Å². The summed E-state index contributed by atoms with van der Waals surface area (Å²) < 4.78 is 13.0. The molecule has 0 spiro atoms. The van der Waals surface area contributed by atoms with Gasteiger partial charge in [0.25, 0.3) is 5.91 Å². The number of fused-ring (bicyclic) bond motifs is 2. The quantitative estimate of drug-likeness (QED) is 0.414. The van der Waals surface area contributed by atoms with Gasteiger partial charge in [0.2, 0.25) is 5.91 Å². The van der Waals surface area contributed by atoms with Crippen molar-refractivity contribution in [1.82, 2.24) is 15.5 Å². The molecule has 2 aliphatic carbocycles. The van der Waals surface area contributed by atoms with Crippen LogP contribution in [0.25, 0.3) is 6.08 Å². The van der Waals surface area contributed by atoms with Gasteiger partial charge in [0.15, 0.2) is 0 Å². The highest BCUT2D eigenvalue weighted by atomic mass is 19.1. The van der Waals surface area contributed by atoms with Crippen molar-refractivity contribution in [2.45, 2.75) is 25.0 Å². The van der Waals surface area contributed by atoms with Gasteiger partial charge in [0.05, 0.1) is 12.2 Å². The number of nitrogens with zero attached hydrogens (tertiary/aromatic N) is 1. The second kappa shape index (κ2) is 7.57. The molecule has 9 heteroatoms. The van der Waals surface area contributed by atoms with E-state index >= 15 is 0 Å². The van der Waals surface area contributed by atoms with Crippen LogP contribution in [-0.4, -0.2) is 58.3 Å². The van der Waals surface area contributed by atoms with Crippen LogP contribution in [0.2, 0.25) is 0 Å². The summed E-state index contributed by atoms with van der Waals surface area (Å²) in [6.45, 7) is 0.0948. The van der Waals surface area contributed by atoms with Gasteiger partial charge in [0.1, 0.15) is 11.5 Å². The van der Waals surface area contributed by atoms with E-state index < -0.39 is 30.0 Å². The molecular weight excluding hydrogens is 381 g/mol. The molecule has 5 atom stereocenters. The molecule has 0 radical (unpaired) electrons. The molecule has 4 rings (SSSR count). The first kappa shape index (κ1) is 19.5. The summed E-state index contributed by atoms with van der Waals surface area (Å²) >= 11 is 0. The van der Waals surface area contributed by atoms with E-state index in [1.807, 2.05) is 0 Å². The molecule has 154 valence electrons. The standard InChI is InChI=1S/C20H22FN3O5/c21-12-3-1-10(2-4-12)7-15-19(28)24(20(29)23-15)6-5-22-18(27)14-9-11-8-13(14)17(26)16(11)25/h1-4,7,11,13-14,16-17,25-26H,5-6,8-9H2,(H,22,27)(H,23,29)/b15-7-/t11-,13+,14-,16-,17+/m0/s1. The van der Waals surface area contributed by atoms with E-state index in [2.05, 4.69) is 10.6 Å². The number of aliphatic hydroxyl groups excluding tert-OH is 2. The molecule has 8 nitrogen and oxygen atoms in total. The predicted octanol–water partition coefficient (Wildman–Crippen LogP) is 0.212. The van der Waals surface area contributed by atoms with Crippen molar-refractivity contribution < 1.29 is 29.0 Å². The maximum atomic E-state index is 13.0. The minimum Gasteiger partial charge on any atom is -0.390 e. The number of amides is 4. The average molecular weight is 403 g/mol. The Morgan fingerprint density at radius 3 is 2.59 bits per heavy atom. The van der Waals surface area contributed by atoms with Gasteiger partial charge in [-0.1, -0.05) is 12.1 Å². The maximum absolute atomic E-state index is 13.0. The molecule has 29 heavy (non-hydrogen) atoms. The van der Waals surface area contributed by atoms with Crippen LogP contribution in [0.4, 0.5) is 9.18 Å². The predicted molar refractivity (Wildman–Crippen MR) is 99.3 cm³/mol. The molecule has 1 saturated heterocycles.